The Morgan fingerprint density at radius 3 is 1.97 bits per heavy atom. The maximum Gasteiger partial charge on any atom is 0.294 e. The van der Waals surface area contributed by atoms with E-state index >= 15 is 0 Å². The monoisotopic (exact) mass is 474 g/mol. The SMILES string of the molecule is CC(CC(c1ccccc1)c1cccc(-c2cc(S(=O)(=O)O)ccc2O)c1O)c1ccccc1. The molecule has 2 atom stereocenters. The number of aromatic hydroxyl groups is 2. The Balaban J connectivity index is 1.82. The zero-order chi connectivity index (χ0) is 24.3. The van der Waals surface area contributed by atoms with E-state index in [-0.39, 0.29) is 39.4 Å². The van der Waals surface area contributed by atoms with E-state index in [1.807, 2.05) is 54.6 Å². The fourth-order valence-electron chi connectivity index (χ4n) is 4.35. The summed E-state index contributed by atoms with van der Waals surface area (Å²) < 4.78 is 32.7. The fourth-order valence-corrected chi connectivity index (χ4v) is 4.86. The summed E-state index contributed by atoms with van der Waals surface area (Å²) in [6, 6.07) is 28.8. The van der Waals surface area contributed by atoms with Crippen LogP contribution < -0.4 is 0 Å². The molecule has 0 amide bonds. The maximum atomic E-state index is 11.6. The quantitative estimate of drug-likeness (QED) is 0.272. The van der Waals surface area contributed by atoms with Gasteiger partial charge in [-0.25, -0.2) is 0 Å². The topological polar surface area (TPSA) is 94.8 Å². The summed E-state index contributed by atoms with van der Waals surface area (Å²) in [5.74, 6) is -0.192. The molecule has 0 spiro atoms. The minimum absolute atomic E-state index is 0.0422. The van der Waals surface area contributed by atoms with Gasteiger partial charge in [-0.2, -0.15) is 8.42 Å². The lowest BCUT2D eigenvalue weighted by Crippen LogP contribution is -2.07. The number of benzene rings is 4. The minimum Gasteiger partial charge on any atom is -0.507 e. The summed E-state index contributed by atoms with van der Waals surface area (Å²) in [5.41, 5.74) is 3.31. The third-order valence-electron chi connectivity index (χ3n) is 6.16. The van der Waals surface area contributed by atoms with Gasteiger partial charge in [-0.15, -0.1) is 0 Å². The van der Waals surface area contributed by atoms with Crippen LogP contribution in [0.3, 0.4) is 0 Å². The Kier molecular flexibility index (Phi) is 6.72. The molecule has 0 bridgehead atoms. The summed E-state index contributed by atoms with van der Waals surface area (Å²) in [7, 11) is -4.47. The Hall–Kier alpha value is -3.61. The van der Waals surface area contributed by atoms with Crippen molar-refractivity contribution >= 4 is 10.1 Å². The van der Waals surface area contributed by atoms with Crippen molar-refractivity contribution in [1.29, 1.82) is 0 Å². The van der Waals surface area contributed by atoms with Crippen LogP contribution in [0.25, 0.3) is 11.1 Å². The molecule has 0 aliphatic rings. The van der Waals surface area contributed by atoms with Crippen molar-refractivity contribution in [3.05, 3.63) is 114 Å². The van der Waals surface area contributed by atoms with Crippen molar-refractivity contribution in [3.63, 3.8) is 0 Å². The average Bonchev–Trinajstić information content (AvgIpc) is 2.84. The van der Waals surface area contributed by atoms with Gasteiger partial charge in [0.05, 0.1) is 4.90 Å². The van der Waals surface area contributed by atoms with Crippen LogP contribution >= 0.6 is 0 Å². The molecule has 4 aromatic carbocycles. The van der Waals surface area contributed by atoms with Gasteiger partial charge in [0.15, 0.2) is 0 Å². The second-order valence-electron chi connectivity index (χ2n) is 8.41. The van der Waals surface area contributed by atoms with E-state index in [0.717, 1.165) is 24.1 Å². The molecule has 4 aromatic rings. The van der Waals surface area contributed by atoms with Crippen LogP contribution in [-0.4, -0.2) is 23.2 Å². The Labute approximate surface area is 199 Å². The first-order chi connectivity index (χ1) is 16.3. The van der Waals surface area contributed by atoms with Gasteiger partial charge in [0.1, 0.15) is 11.5 Å². The van der Waals surface area contributed by atoms with E-state index in [1.54, 1.807) is 12.1 Å². The second-order valence-corrected chi connectivity index (χ2v) is 9.83. The fraction of sp³-hybridized carbons (Fsp3) is 0.143. The number of rotatable bonds is 7. The van der Waals surface area contributed by atoms with Crippen molar-refractivity contribution in [2.75, 3.05) is 0 Å². The van der Waals surface area contributed by atoms with Gasteiger partial charge < -0.3 is 10.2 Å². The van der Waals surface area contributed by atoms with E-state index in [1.165, 1.54) is 11.6 Å². The van der Waals surface area contributed by atoms with Crippen molar-refractivity contribution in [3.8, 4) is 22.6 Å². The average molecular weight is 475 g/mol. The molecule has 5 nitrogen and oxygen atoms in total. The molecule has 0 fully saturated rings. The largest absolute Gasteiger partial charge is 0.507 e. The first-order valence-electron chi connectivity index (χ1n) is 11.0. The van der Waals surface area contributed by atoms with Crippen LogP contribution in [-0.2, 0) is 10.1 Å². The smallest absolute Gasteiger partial charge is 0.294 e. The standard InChI is InChI=1S/C28H26O5S/c1-19(20-9-4-2-5-10-20)17-25(21-11-6-3-7-12-21)23-13-8-14-24(28(23)30)26-18-22(34(31,32)33)15-16-27(26)29/h2-16,18-19,25,29-30H,17H2,1H3,(H,31,32,33). The highest BCUT2D eigenvalue weighted by molar-refractivity contribution is 7.85. The zero-order valence-electron chi connectivity index (χ0n) is 18.7. The van der Waals surface area contributed by atoms with Gasteiger partial charge in [-0.05, 0) is 41.7 Å². The van der Waals surface area contributed by atoms with E-state index in [2.05, 4.69) is 19.1 Å². The number of para-hydroxylation sites is 1. The molecule has 0 aliphatic carbocycles. The van der Waals surface area contributed by atoms with Gasteiger partial charge in [-0.1, -0.05) is 85.8 Å². The Morgan fingerprint density at radius 1 is 0.735 bits per heavy atom. The van der Waals surface area contributed by atoms with E-state index in [0.29, 0.717) is 5.56 Å². The van der Waals surface area contributed by atoms with Crippen LogP contribution in [0.2, 0.25) is 0 Å². The molecule has 0 aliphatic heterocycles. The first kappa shape index (κ1) is 23.5. The molecule has 2 unspecified atom stereocenters. The third kappa shape index (κ3) is 4.98. The molecule has 6 heteroatoms. The highest BCUT2D eigenvalue weighted by atomic mass is 32.2. The normalized spacial score (nSPS) is 13.4. The Bertz CT molecular complexity index is 1380. The summed E-state index contributed by atoms with van der Waals surface area (Å²) >= 11 is 0. The van der Waals surface area contributed by atoms with Crippen molar-refractivity contribution in [1.82, 2.24) is 0 Å². The van der Waals surface area contributed by atoms with Crippen molar-refractivity contribution in [2.45, 2.75) is 30.1 Å². The summed E-state index contributed by atoms with van der Waals surface area (Å²) in [4.78, 5) is -0.359. The van der Waals surface area contributed by atoms with Crippen LogP contribution in [0.1, 0.15) is 41.9 Å². The summed E-state index contributed by atoms with van der Waals surface area (Å²) in [5, 5.41) is 21.8. The predicted molar refractivity (Wildman–Crippen MR) is 133 cm³/mol. The second kappa shape index (κ2) is 9.71. The van der Waals surface area contributed by atoms with Crippen LogP contribution in [0.4, 0.5) is 0 Å². The van der Waals surface area contributed by atoms with Gasteiger partial charge in [0.25, 0.3) is 10.1 Å². The van der Waals surface area contributed by atoms with Crippen LogP contribution in [0, 0.1) is 0 Å². The Morgan fingerprint density at radius 2 is 1.35 bits per heavy atom. The molecular weight excluding hydrogens is 448 g/mol. The van der Waals surface area contributed by atoms with Crippen LogP contribution in [0.5, 0.6) is 11.5 Å². The lowest BCUT2D eigenvalue weighted by molar-refractivity contribution is 0.458. The van der Waals surface area contributed by atoms with E-state index in [9.17, 15) is 23.2 Å². The number of phenolic OH excluding ortho intramolecular Hbond substituents is 2. The molecule has 0 saturated carbocycles. The molecule has 0 aromatic heterocycles. The van der Waals surface area contributed by atoms with Gasteiger partial charge in [0, 0.05) is 22.6 Å². The lowest BCUT2D eigenvalue weighted by Gasteiger charge is -2.24. The van der Waals surface area contributed by atoms with E-state index < -0.39 is 10.1 Å². The minimum atomic E-state index is -4.47. The lowest BCUT2D eigenvalue weighted by atomic mass is 9.80. The molecule has 0 radical (unpaired) electrons. The molecule has 4 rings (SSSR count). The molecule has 3 N–H and O–H groups in total. The van der Waals surface area contributed by atoms with Gasteiger partial charge in [-0.3, -0.25) is 4.55 Å². The van der Waals surface area contributed by atoms with Gasteiger partial charge in [0.2, 0.25) is 0 Å². The highest BCUT2D eigenvalue weighted by Crippen LogP contribution is 2.44. The highest BCUT2D eigenvalue weighted by Gasteiger charge is 2.24. The maximum absolute atomic E-state index is 11.6. The third-order valence-corrected chi connectivity index (χ3v) is 7.01. The summed E-state index contributed by atoms with van der Waals surface area (Å²) in [6.07, 6.45) is 0.724. The number of hydrogen-bond acceptors (Lipinski definition) is 4. The van der Waals surface area contributed by atoms with E-state index in [4.69, 9.17) is 0 Å². The predicted octanol–water partition coefficient (Wildman–Crippen LogP) is 6.34. The first-order valence-corrected chi connectivity index (χ1v) is 12.4. The van der Waals surface area contributed by atoms with Gasteiger partial charge >= 0.3 is 0 Å². The van der Waals surface area contributed by atoms with Crippen molar-refractivity contribution < 1.29 is 23.2 Å². The molecule has 0 heterocycles. The summed E-state index contributed by atoms with van der Waals surface area (Å²) in [6.45, 7) is 2.15. The molecule has 34 heavy (non-hydrogen) atoms. The molecule has 174 valence electrons. The van der Waals surface area contributed by atoms with Crippen LogP contribution in [0.15, 0.2) is 102 Å². The number of hydrogen-bond donors (Lipinski definition) is 3. The molecular formula is C28H26O5S. The molecule has 0 saturated heterocycles. The zero-order valence-corrected chi connectivity index (χ0v) is 19.5. The van der Waals surface area contributed by atoms with Crippen molar-refractivity contribution in [2.24, 2.45) is 0 Å². The number of phenols is 2.